The molecule has 0 heterocycles. The van der Waals surface area contributed by atoms with E-state index in [-0.39, 0.29) is 16.5 Å². The van der Waals surface area contributed by atoms with Crippen LogP contribution in [0.3, 0.4) is 0 Å². The molecule has 2 rings (SSSR count). The highest BCUT2D eigenvalue weighted by atomic mass is 35.5. The fourth-order valence-corrected chi connectivity index (χ4v) is 3.08. The van der Waals surface area contributed by atoms with E-state index in [2.05, 4.69) is 4.72 Å². The number of hydrogen-bond donors (Lipinski definition) is 1. The summed E-state index contributed by atoms with van der Waals surface area (Å²) in [5.41, 5.74) is 1.34. The zero-order valence-electron chi connectivity index (χ0n) is 11.6. The van der Waals surface area contributed by atoms with Crippen molar-refractivity contribution >= 4 is 27.3 Å². The molecule has 0 bridgehead atoms. The van der Waals surface area contributed by atoms with Gasteiger partial charge in [0.2, 0.25) is 10.0 Å². The molecule has 116 valence electrons. The Kier molecular flexibility index (Phi) is 4.80. The van der Waals surface area contributed by atoms with Crippen LogP contribution in [0.1, 0.15) is 11.1 Å². The summed E-state index contributed by atoms with van der Waals surface area (Å²) < 4.78 is 26.9. The van der Waals surface area contributed by atoms with E-state index in [0.29, 0.717) is 0 Å². The third kappa shape index (κ3) is 3.62. The van der Waals surface area contributed by atoms with Crippen LogP contribution < -0.4 is 4.72 Å². The Bertz CT molecular complexity index is 821. The number of benzene rings is 2. The standard InChI is InChI=1S/C14H13ClN2O4S/c1-10-4-2-3-5-11(10)9-16-22(20,21)12-6-7-13(15)14(8-12)17(18)19/h2-8,16H,9H2,1H3. The van der Waals surface area contributed by atoms with E-state index < -0.39 is 20.6 Å². The number of nitro benzene ring substituents is 1. The molecule has 0 aliphatic heterocycles. The van der Waals surface area contributed by atoms with Crippen LogP contribution in [0, 0.1) is 17.0 Å². The Hall–Kier alpha value is -1.96. The molecule has 0 saturated carbocycles. The van der Waals surface area contributed by atoms with E-state index >= 15 is 0 Å². The number of nitrogens with zero attached hydrogens (tertiary/aromatic N) is 1. The largest absolute Gasteiger partial charge is 0.289 e. The number of nitrogens with one attached hydrogen (secondary N) is 1. The highest BCUT2D eigenvalue weighted by Crippen LogP contribution is 2.27. The van der Waals surface area contributed by atoms with Gasteiger partial charge < -0.3 is 0 Å². The van der Waals surface area contributed by atoms with Crippen molar-refractivity contribution in [3.8, 4) is 0 Å². The molecule has 0 aliphatic carbocycles. The van der Waals surface area contributed by atoms with E-state index in [4.69, 9.17) is 11.6 Å². The lowest BCUT2D eigenvalue weighted by atomic mass is 10.1. The van der Waals surface area contributed by atoms with E-state index in [1.54, 1.807) is 0 Å². The van der Waals surface area contributed by atoms with Gasteiger partial charge in [0.25, 0.3) is 5.69 Å². The molecule has 0 aliphatic rings. The van der Waals surface area contributed by atoms with Crippen molar-refractivity contribution in [2.24, 2.45) is 0 Å². The van der Waals surface area contributed by atoms with Gasteiger partial charge in [-0.1, -0.05) is 35.9 Å². The highest BCUT2D eigenvalue weighted by Gasteiger charge is 2.20. The monoisotopic (exact) mass is 340 g/mol. The molecular formula is C14H13ClN2O4S. The molecule has 6 nitrogen and oxygen atoms in total. The first-order chi connectivity index (χ1) is 10.3. The summed E-state index contributed by atoms with van der Waals surface area (Å²) >= 11 is 5.68. The van der Waals surface area contributed by atoms with Crippen LogP contribution in [0.2, 0.25) is 5.02 Å². The number of hydrogen-bond acceptors (Lipinski definition) is 4. The topological polar surface area (TPSA) is 89.3 Å². The predicted molar refractivity (Wildman–Crippen MR) is 83.3 cm³/mol. The molecular weight excluding hydrogens is 328 g/mol. The molecule has 0 fully saturated rings. The van der Waals surface area contributed by atoms with Gasteiger partial charge in [0.15, 0.2) is 0 Å². The molecule has 2 aromatic rings. The molecule has 0 amide bonds. The second-order valence-electron chi connectivity index (χ2n) is 4.62. The van der Waals surface area contributed by atoms with Crippen molar-refractivity contribution in [3.63, 3.8) is 0 Å². The summed E-state index contributed by atoms with van der Waals surface area (Å²) in [5.74, 6) is 0. The third-order valence-electron chi connectivity index (χ3n) is 3.14. The van der Waals surface area contributed by atoms with E-state index in [9.17, 15) is 18.5 Å². The number of halogens is 1. The van der Waals surface area contributed by atoms with Crippen LogP contribution >= 0.6 is 11.6 Å². The Labute approximate surface area is 132 Å². The van der Waals surface area contributed by atoms with Gasteiger partial charge in [-0.05, 0) is 30.2 Å². The molecule has 8 heteroatoms. The smallest absolute Gasteiger partial charge is 0.258 e. The summed E-state index contributed by atoms with van der Waals surface area (Å²) in [6.45, 7) is 1.97. The fraction of sp³-hybridized carbons (Fsp3) is 0.143. The second kappa shape index (κ2) is 6.43. The number of aryl methyl sites for hydroxylation is 1. The van der Waals surface area contributed by atoms with Crippen LogP contribution in [0.5, 0.6) is 0 Å². The first-order valence-electron chi connectivity index (χ1n) is 6.29. The SMILES string of the molecule is Cc1ccccc1CNS(=O)(=O)c1ccc(Cl)c([N+](=O)[O-])c1. The van der Waals surface area contributed by atoms with Crippen molar-refractivity contribution < 1.29 is 13.3 Å². The number of sulfonamides is 1. The molecule has 0 atom stereocenters. The Balaban J connectivity index is 2.26. The van der Waals surface area contributed by atoms with Gasteiger partial charge in [-0.15, -0.1) is 0 Å². The van der Waals surface area contributed by atoms with Crippen LogP contribution in [0.25, 0.3) is 0 Å². The average Bonchev–Trinajstić information content (AvgIpc) is 2.46. The van der Waals surface area contributed by atoms with Crippen LogP contribution in [0.4, 0.5) is 5.69 Å². The number of rotatable bonds is 5. The summed E-state index contributed by atoms with van der Waals surface area (Å²) in [6.07, 6.45) is 0. The molecule has 0 aromatic heterocycles. The fourth-order valence-electron chi connectivity index (χ4n) is 1.86. The van der Waals surface area contributed by atoms with Crippen LogP contribution in [-0.2, 0) is 16.6 Å². The average molecular weight is 341 g/mol. The van der Waals surface area contributed by atoms with Crippen molar-refractivity contribution in [2.75, 3.05) is 0 Å². The van der Waals surface area contributed by atoms with E-state index in [0.717, 1.165) is 17.2 Å². The summed E-state index contributed by atoms with van der Waals surface area (Å²) in [4.78, 5) is 9.91. The first-order valence-corrected chi connectivity index (χ1v) is 8.15. The first kappa shape index (κ1) is 16.4. The molecule has 0 radical (unpaired) electrons. The Morgan fingerprint density at radius 1 is 1.23 bits per heavy atom. The number of nitro groups is 1. The summed E-state index contributed by atoms with van der Waals surface area (Å²) in [6, 6.07) is 10.7. The minimum Gasteiger partial charge on any atom is -0.258 e. The molecule has 0 spiro atoms. The predicted octanol–water partition coefficient (Wildman–Crippen LogP) is 3.04. The van der Waals surface area contributed by atoms with E-state index in [1.807, 2.05) is 31.2 Å². The maximum Gasteiger partial charge on any atom is 0.289 e. The van der Waals surface area contributed by atoms with Gasteiger partial charge in [-0.2, -0.15) is 0 Å². The molecule has 1 N–H and O–H groups in total. The van der Waals surface area contributed by atoms with Crippen molar-refractivity contribution in [1.29, 1.82) is 0 Å². The van der Waals surface area contributed by atoms with Gasteiger partial charge in [-0.3, -0.25) is 10.1 Å². The van der Waals surface area contributed by atoms with Crippen molar-refractivity contribution in [2.45, 2.75) is 18.4 Å². The molecule has 0 unspecified atom stereocenters. The van der Waals surface area contributed by atoms with Crippen molar-refractivity contribution in [1.82, 2.24) is 4.72 Å². The van der Waals surface area contributed by atoms with Gasteiger partial charge in [-0.25, -0.2) is 13.1 Å². The highest BCUT2D eigenvalue weighted by molar-refractivity contribution is 7.89. The lowest BCUT2D eigenvalue weighted by molar-refractivity contribution is -0.384. The molecule has 22 heavy (non-hydrogen) atoms. The summed E-state index contributed by atoms with van der Waals surface area (Å²) in [5, 5.41) is 10.7. The Morgan fingerprint density at radius 3 is 2.55 bits per heavy atom. The quantitative estimate of drug-likeness (QED) is 0.669. The lowest BCUT2D eigenvalue weighted by Crippen LogP contribution is -2.23. The van der Waals surface area contributed by atoms with Gasteiger partial charge in [0, 0.05) is 12.6 Å². The lowest BCUT2D eigenvalue weighted by Gasteiger charge is -2.09. The third-order valence-corrected chi connectivity index (χ3v) is 4.86. The zero-order valence-corrected chi connectivity index (χ0v) is 13.2. The van der Waals surface area contributed by atoms with Gasteiger partial charge in [0.1, 0.15) is 5.02 Å². The normalized spacial score (nSPS) is 11.4. The molecule has 2 aromatic carbocycles. The minimum atomic E-state index is -3.86. The van der Waals surface area contributed by atoms with Gasteiger partial charge >= 0.3 is 0 Å². The van der Waals surface area contributed by atoms with E-state index in [1.165, 1.54) is 12.1 Å². The second-order valence-corrected chi connectivity index (χ2v) is 6.80. The van der Waals surface area contributed by atoms with Gasteiger partial charge in [0.05, 0.1) is 9.82 Å². The maximum absolute atomic E-state index is 12.2. The maximum atomic E-state index is 12.2. The van der Waals surface area contributed by atoms with Crippen LogP contribution in [0.15, 0.2) is 47.4 Å². The Morgan fingerprint density at radius 2 is 1.91 bits per heavy atom. The van der Waals surface area contributed by atoms with Crippen molar-refractivity contribution in [3.05, 3.63) is 68.7 Å². The minimum absolute atomic E-state index is 0.103. The van der Waals surface area contributed by atoms with Crippen LogP contribution in [-0.4, -0.2) is 13.3 Å². The molecule has 0 saturated heterocycles. The summed E-state index contributed by atoms with van der Waals surface area (Å²) in [7, 11) is -3.86. The zero-order chi connectivity index (χ0) is 16.3.